The van der Waals surface area contributed by atoms with Gasteiger partial charge in [0.2, 0.25) is 0 Å². The summed E-state index contributed by atoms with van der Waals surface area (Å²) in [5.41, 5.74) is -1.07. The highest BCUT2D eigenvalue weighted by Crippen LogP contribution is 2.28. The maximum absolute atomic E-state index is 14.0. The number of nitrogens with zero attached hydrogens (tertiary/aromatic N) is 4. The van der Waals surface area contributed by atoms with Crippen molar-refractivity contribution < 1.29 is 17.6 Å². The lowest BCUT2D eigenvalue weighted by Gasteiger charge is -2.09. The summed E-state index contributed by atoms with van der Waals surface area (Å²) in [5.74, 6) is -6.88. The van der Waals surface area contributed by atoms with Gasteiger partial charge in [0.05, 0.1) is 6.20 Å². The van der Waals surface area contributed by atoms with Crippen molar-refractivity contribution in [3.63, 3.8) is 0 Å². The number of aromatic nitrogens is 3. The summed E-state index contributed by atoms with van der Waals surface area (Å²) in [5, 5.41) is 15.9. The lowest BCUT2D eigenvalue weighted by atomic mass is 9.98. The minimum Gasteiger partial charge on any atom is -0.214 e. The van der Waals surface area contributed by atoms with Crippen LogP contribution in [0.5, 0.6) is 0 Å². The summed E-state index contributed by atoms with van der Waals surface area (Å²) in [6.45, 7) is 0. The second-order valence-corrected chi connectivity index (χ2v) is 5.11. The van der Waals surface area contributed by atoms with E-state index in [0.717, 1.165) is 37.3 Å². The lowest BCUT2D eigenvalue weighted by Crippen LogP contribution is -2.10. The van der Waals surface area contributed by atoms with E-state index < -0.39 is 34.5 Å². The minimum absolute atomic E-state index is 0.397. The fourth-order valence-corrected chi connectivity index (χ4v) is 2.51. The van der Waals surface area contributed by atoms with Gasteiger partial charge in [-0.1, -0.05) is 11.3 Å². The van der Waals surface area contributed by atoms with Crippen LogP contribution in [0.15, 0.2) is 12.3 Å². The average Bonchev–Trinajstić information content (AvgIpc) is 3.04. The molecular formula is C15H10F4N4. The second kappa shape index (κ2) is 5.83. The third-order valence-electron chi connectivity index (χ3n) is 3.69. The Kier molecular flexibility index (Phi) is 3.86. The maximum atomic E-state index is 14.0. The Balaban J connectivity index is 2.12. The molecule has 2 aromatic rings. The molecule has 0 N–H and O–H groups in total. The molecule has 8 heteroatoms. The third kappa shape index (κ3) is 2.48. The van der Waals surface area contributed by atoms with Crippen molar-refractivity contribution in [2.24, 2.45) is 0 Å². The van der Waals surface area contributed by atoms with Crippen LogP contribution < -0.4 is 0 Å². The van der Waals surface area contributed by atoms with Crippen LogP contribution >= 0.6 is 0 Å². The molecule has 0 amide bonds. The van der Waals surface area contributed by atoms with Crippen LogP contribution in [0.25, 0.3) is 11.3 Å². The van der Waals surface area contributed by atoms with Crippen LogP contribution in [-0.4, -0.2) is 15.0 Å². The van der Waals surface area contributed by atoms with E-state index in [1.807, 2.05) is 6.08 Å². The van der Waals surface area contributed by atoms with Gasteiger partial charge in [0.15, 0.2) is 23.3 Å². The number of rotatable bonds is 2. The third-order valence-corrected chi connectivity index (χ3v) is 3.69. The van der Waals surface area contributed by atoms with E-state index in [1.54, 1.807) is 0 Å². The molecule has 1 aliphatic rings. The molecule has 0 atom stereocenters. The highest BCUT2D eigenvalue weighted by atomic mass is 19.2. The second-order valence-electron chi connectivity index (χ2n) is 5.11. The highest BCUT2D eigenvalue weighted by Gasteiger charge is 2.27. The number of halogens is 4. The Morgan fingerprint density at radius 3 is 2.30 bits per heavy atom. The number of hydrogen-bond donors (Lipinski definition) is 0. The van der Waals surface area contributed by atoms with Crippen LogP contribution in [0.1, 0.15) is 36.9 Å². The smallest absolute Gasteiger partial charge is 0.189 e. The van der Waals surface area contributed by atoms with E-state index in [9.17, 15) is 17.6 Å². The Hall–Kier alpha value is -2.69. The molecular weight excluding hydrogens is 312 g/mol. The van der Waals surface area contributed by atoms with E-state index in [4.69, 9.17) is 5.26 Å². The average molecular weight is 322 g/mol. The van der Waals surface area contributed by atoms with Gasteiger partial charge >= 0.3 is 0 Å². The first-order valence-corrected chi connectivity index (χ1v) is 6.92. The van der Waals surface area contributed by atoms with Crippen LogP contribution in [0, 0.1) is 34.6 Å². The van der Waals surface area contributed by atoms with Crippen molar-refractivity contribution in [3.05, 3.63) is 46.8 Å². The fraction of sp³-hybridized carbons (Fsp3) is 0.267. The van der Waals surface area contributed by atoms with Gasteiger partial charge in [-0.05, 0) is 31.3 Å². The number of hydrogen-bond acceptors (Lipinski definition) is 3. The van der Waals surface area contributed by atoms with E-state index >= 15 is 0 Å². The van der Waals surface area contributed by atoms with E-state index in [1.165, 1.54) is 6.20 Å². The minimum atomic E-state index is -1.75. The first kappa shape index (κ1) is 15.2. The largest absolute Gasteiger partial charge is 0.214 e. The molecule has 0 bridgehead atoms. The molecule has 0 unspecified atom stereocenters. The van der Waals surface area contributed by atoms with Gasteiger partial charge in [0, 0.05) is 0 Å². The van der Waals surface area contributed by atoms with E-state index in [0.29, 0.717) is 10.4 Å². The van der Waals surface area contributed by atoms with Gasteiger partial charge in [-0.3, -0.25) is 0 Å². The Bertz CT molecular complexity index is 819. The normalized spacial score (nSPS) is 14.5. The Morgan fingerprint density at radius 2 is 1.74 bits per heavy atom. The SMILES string of the molecule is N#Cc1c(F)c(F)c(-n2cc(C3=CCCCC3)nn2)c(F)c1F. The molecule has 118 valence electrons. The van der Waals surface area contributed by atoms with Gasteiger partial charge in [-0.25, -0.2) is 22.2 Å². The van der Waals surface area contributed by atoms with Crippen molar-refractivity contribution in [2.45, 2.75) is 25.7 Å². The summed E-state index contributed by atoms with van der Waals surface area (Å²) in [4.78, 5) is 0. The van der Waals surface area contributed by atoms with Crippen LogP contribution in [-0.2, 0) is 0 Å². The van der Waals surface area contributed by atoms with Gasteiger partial charge in [-0.15, -0.1) is 5.10 Å². The molecule has 0 aliphatic heterocycles. The fourth-order valence-electron chi connectivity index (χ4n) is 2.51. The summed E-state index contributed by atoms with van der Waals surface area (Å²) in [7, 11) is 0. The van der Waals surface area contributed by atoms with Crippen molar-refractivity contribution >= 4 is 5.57 Å². The molecule has 1 heterocycles. The molecule has 1 aliphatic carbocycles. The molecule has 4 nitrogen and oxygen atoms in total. The Morgan fingerprint density at radius 1 is 1.04 bits per heavy atom. The first-order chi connectivity index (χ1) is 11.0. The Labute approximate surface area is 128 Å². The van der Waals surface area contributed by atoms with Crippen molar-refractivity contribution in [2.75, 3.05) is 0 Å². The zero-order valence-electron chi connectivity index (χ0n) is 11.8. The van der Waals surface area contributed by atoms with Gasteiger partial charge in [0.25, 0.3) is 0 Å². The zero-order valence-corrected chi connectivity index (χ0v) is 11.8. The standard InChI is InChI=1S/C15H10F4N4/c16-11-9(6-20)12(17)14(19)15(13(11)18)23-7-10(21-22-23)8-4-2-1-3-5-8/h4,7H,1-3,5H2. The van der Waals surface area contributed by atoms with Gasteiger partial charge < -0.3 is 0 Å². The van der Waals surface area contributed by atoms with Crippen LogP contribution in [0.4, 0.5) is 17.6 Å². The summed E-state index contributed by atoms with van der Waals surface area (Å²) in [6.07, 6.45) is 6.79. The zero-order chi connectivity index (χ0) is 16.6. The number of nitriles is 1. The van der Waals surface area contributed by atoms with Crippen LogP contribution in [0.3, 0.4) is 0 Å². The molecule has 0 saturated heterocycles. The van der Waals surface area contributed by atoms with Crippen LogP contribution in [0.2, 0.25) is 0 Å². The molecule has 0 radical (unpaired) electrons. The molecule has 0 saturated carbocycles. The predicted molar refractivity (Wildman–Crippen MR) is 72.4 cm³/mol. The number of allylic oxidation sites excluding steroid dienone is 2. The van der Waals surface area contributed by atoms with Crippen molar-refractivity contribution in [1.29, 1.82) is 5.26 Å². The predicted octanol–water partition coefficient (Wildman–Crippen LogP) is 3.65. The summed E-state index contributed by atoms with van der Waals surface area (Å²) in [6, 6.07) is 1.10. The topological polar surface area (TPSA) is 54.5 Å². The molecule has 3 rings (SSSR count). The van der Waals surface area contributed by atoms with Gasteiger partial charge in [0.1, 0.15) is 23.0 Å². The lowest BCUT2D eigenvalue weighted by molar-refractivity contribution is 0.439. The van der Waals surface area contributed by atoms with E-state index in [2.05, 4.69) is 10.3 Å². The molecule has 0 fully saturated rings. The monoisotopic (exact) mass is 322 g/mol. The summed E-state index contributed by atoms with van der Waals surface area (Å²) < 4.78 is 56.0. The number of benzene rings is 1. The molecule has 0 spiro atoms. The molecule has 1 aromatic heterocycles. The highest BCUT2D eigenvalue weighted by molar-refractivity contribution is 5.62. The molecule has 1 aromatic carbocycles. The quantitative estimate of drug-likeness (QED) is 0.626. The van der Waals surface area contributed by atoms with E-state index in [-0.39, 0.29) is 0 Å². The maximum Gasteiger partial charge on any atom is 0.189 e. The van der Waals surface area contributed by atoms with Crippen molar-refractivity contribution in [3.8, 4) is 11.8 Å². The van der Waals surface area contributed by atoms with Gasteiger partial charge in [-0.2, -0.15) is 5.26 Å². The summed E-state index contributed by atoms with van der Waals surface area (Å²) >= 11 is 0. The first-order valence-electron chi connectivity index (χ1n) is 6.92. The molecule has 23 heavy (non-hydrogen) atoms. The van der Waals surface area contributed by atoms with Crippen molar-refractivity contribution in [1.82, 2.24) is 15.0 Å².